The first-order valence-electron chi connectivity index (χ1n) is 4.48. The summed E-state index contributed by atoms with van der Waals surface area (Å²) in [4.78, 5) is 0. The maximum Gasteiger partial charge on any atom is 0.263 e. The second-order valence-electron chi connectivity index (χ2n) is 3.14. The van der Waals surface area contributed by atoms with Gasteiger partial charge in [-0.25, -0.2) is 14.6 Å². The van der Waals surface area contributed by atoms with Crippen LogP contribution >= 0.6 is 11.6 Å². The summed E-state index contributed by atoms with van der Waals surface area (Å²) in [6.07, 6.45) is -1.14. The van der Waals surface area contributed by atoms with E-state index in [1.807, 2.05) is 0 Å². The molecule has 0 amide bonds. The number of allylic oxidation sites excluding steroid dienone is 1. The number of benzene rings is 1. The molecule has 1 rings (SSSR count). The third kappa shape index (κ3) is 3.36. The highest BCUT2D eigenvalue weighted by atomic mass is 35.5. The van der Waals surface area contributed by atoms with E-state index < -0.39 is 6.43 Å². The van der Waals surface area contributed by atoms with Crippen LogP contribution < -0.4 is 16.6 Å². The van der Waals surface area contributed by atoms with Crippen molar-refractivity contribution in [3.8, 4) is 0 Å². The van der Waals surface area contributed by atoms with Gasteiger partial charge in [0.1, 0.15) is 0 Å². The van der Waals surface area contributed by atoms with E-state index >= 15 is 0 Å². The molecule has 1 aromatic rings. The van der Waals surface area contributed by atoms with Gasteiger partial charge in [0.15, 0.2) is 0 Å². The largest absolute Gasteiger partial charge is 0.400 e. The lowest BCUT2D eigenvalue weighted by Crippen LogP contribution is -2.26. The van der Waals surface area contributed by atoms with E-state index in [0.717, 1.165) is 5.01 Å². The van der Waals surface area contributed by atoms with Crippen molar-refractivity contribution < 1.29 is 8.78 Å². The summed E-state index contributed by atoms with van der Waals surface area (Å²) < 4.78 is 24.8. The third-order valence-electron chi connectivity index (χ3n) is 1.88. The van der Waals surface area contributed by atoms with Crippen molar-refractivity contribution in [2.45, 2.75) is 6.43 Å². The number of hydrogen-bond donors (Lipinski definition) is 2. The summed E-state index contributed by atoms with van der Waals surface area (Å²) in [5.41, 5.74) is 6.15. The van der Waals surface area contributed by atoms with Gasteiger partial charge in [0.05, 0.1) is 11.6 Å². The molecule has 0 aliphatic carbocycles. The third-order valence-corrected chi connectivity index (χ3v) is 2.19. The first kappa shape index (κ1) is 12.7. The summed E-state index contributed by atoms with van der Waals surface area (Å²) in [6, 6.07) is 5.73. The van der Waals surface area contributed by atoms with Crippen molar-refractivity contribution in [1.82, 2.24) is 0 Å². The Morgan fingerprint density at radius 2 is 2.19 bits per heavy atom. The van der Waals surface area contributed by atoms with Crippen LogP contribution in [0.5, 0.6) is 0 Å². The molecular weight excluding hydrogens is 236 g/mol. The predicted molar refractivity (Wildman–Crippen MR) is 61.1 cm³/mol. The van der Waals surface area contributed by atoms with Gasteiger partial charge in [-0.3, -0.25) is 5.01 Å². The smallest absolute Gasteiger partial charge is 0.263 e. The number of nitrogens with two attached hydrogens (primary N) is 2. The Hall–Kier alpha value is -1.33. The Morgan fingerprint density at radius 1 is 1.50 bits per heavy atom. The van der Waals surface area contributed by atoms with Gasteiger partial charge in [-0.1, -0.05) is 12.1 Å². The number of nitrogens with zero attached hydrogens (tertiary/aromatic N) is 1. The first-order valence-corrected chi connectivity index (χ1v) is 5.02. The molecular formula is C10H12ClF2N3. The summed E-state index contributed by atoms with van der Waals surface area (Å²) in [5, 5.41) is 1.16. The number of hydrogen-bond acceptors (Lipinski definition) is 3. The highest BCUT2D eigenvalue weighted by Crippen LogP contribution is 2.23. The summed E-state index contributed by atoms with van der Waals surface area (Å²) >= 11 is 5.47. The van der Waals surface area contributed by atoms with Crippen molar-refractivity contribution >= 4 is 17.3 Å². The maximum absolute atomic E-state index is 12.4. The molecule has 1 aromatic carbocycles. The van der Waals surface area contributed by atoms with Crippen LogP contribution in [0.2, 0.25) is 0 Å². The number of halogens is 3. The molecule has 0 atom stereocenters. The highest BCUT2D eigenvalue weighted by Gasteiger charge is 2.08. The fraction of sp³-hybridized carbons (Fsp3) is 0.200. The van der Waals surface area contributed by atoms with E-state index in [1.165, 1.54) is 24.4 Å². The second-order valence-corrected chi connectivity index (χ2v) is 3.41. The number of rotatable bonds is 4. The Kier molecular flexibility index (Phi) is 4.52. The van der Waals surface area contributed by atoms with Gasteiger partial charge in [0.2, 0.25) is 0 Å². The zero-order valence-corrected chi connectivity index (χ0v) is 9.16. The molecule has 0 saturated carbocycles. The summed E-state index contributed by atoms with van der Waals surface area (Å²) in [7, 11) is 0. The van der Waals surface area contributed by atoms with Crippen LogP contribution in [0.25, 0.3) is 0 Å². The van der Waals surface area contributed by atoms with Crippen molar-refractivity contribution in [1.29, 1.82) is 0 Å². The van der Waals surface area contributed by atoms with Gasteiger partial charge in [0, 0.05) is 17.5 Å². The van der Waals surface area contributed by atoms with Crippen LogP contribution in [-0.2, 0) is 0 Å². The van der Waals surface area contributed by atoms with E-state index in [0.29, 0.717) is 11.4 Å². The Morgan fingerprint density at radius 3 is 2.75 bits per heavy atom. The van der Waals surface area contributed by atoms with Gasteiger partial charge in [-0.2, -0.15) is 0 Å². The lowest BCUT2D eigenvalue weighted by molar-refractivity contribution is 0.151. The highest BCUT2D eigenvalue weighted by molar-refractivity contribution is 6.19. The van der Waals surface area contributed by atoms with Crippen LogP contribution in [0.3, 0.4) is 0 Å². The van der Waals surface area contributed by atoms with Crippen LogP contribution in [0.15, 0.2) is 36.2 Å². The molecule has 6 heteroatoms. The average molecular weight is 248 g/mol. The quantitative estimate of drug-likeness (QED) is 0.488. The zero-order valence-electron chi connectivity index (χ0n) is 8.41. The SMILES string of the molecule is N/C(=C\N(N)c1cccc(C(F)F)c1)CCl. The maximum atomic E-state index is 12.4. The molecule has 0 radical (unpaired) electrons. The molecule has 0 aliphatic heterocycles. The first-order chi connectivity index (χ1) is 7.54. The predicted octanol–water partition coefficient (Wildman–Crippen LogP) is 2.34. The molecule has 88 valence electrons. The molecule has 4 N–H and O–H groups in total. The van der Waals surface area contributed by atoms with Gasteiger partial charge in [0.25, 0.3) is 6.43 Å². The Labute approximate surface area is 97.2 Å². The van der Waals surface area contributed by atoms with Gasteiger partial charge in [-0.05, 0) is 12.1 Å². The zero-order chi connectivity index (χ0) is 12.1. The van der Waals surface area contributed by atoms with Crippen molar-refractivity contribution in [2.75, 3.05) is 10.9 Å². The second kappa shape index (κ2) is 5.67. The standard InChI is InChI=1S/C10H12ClF2N3/c11-5-8(14)6-16(15)9-3-1-2-7(4-9)10(12)13/h1-4,6,10H,5,14-15H2/b8-6-. The summed E-state index contributed by atoms with van der Waals surface area (Å²) in [6.45, 7) is 0. The van der Waals surface area contributed by atoms with Gasteiger partial charge in [-0.15, -0.1) is 11.6 Å². The molecule has 0 fully saturated rings. The van der Waals surface area contributed by atoms with Crippen molar-refractivity contribution in [2.24, 2.45) is 11.6 Å². The average Bonchev–Trinajstić information content (AvgIpc) is 2.28. The minimum absolute atomic E-state index is 0.0919. The summed E-state index contributed by atoms with van der Waals surface area (Å²) in [5.74, 6) is 5.74. The van der Waals surface area contributed by atoms with Crippen LogP contribution in [-0.4, -0.2) is 5.88 Å². The van der Waals surface area contributed by atoms with E-state index in [9.17, 15) is 8.78 Å². The van der Waals surface area contributed by atoms with E-state index in [-0.39, 0.29) is 11.4 Å². The van der Waals surface area contributed by atoms with E-state index in [4.69, 9.17) is 23.2 Å². The molecule has 0 heterocycles. The monoisotopic (exact) mass is 247 g/mol. The molecule has 16 heavy (non-hydrogen) atoms. The molecule has 0 aliphatic rings. The van der Waals surface area contributed by atoms with E-state index in [2.05, 4.69) is 0 Å². The minimum Gasteiger partial charge on any atom is -0.400 e. The van der Waals surface area contributed by atoms with Crippen LogP contribution in [0.1, 0.15) is 12.0 Å². The molecule has 0 bridgehead atoms. The van der Waals surface area contributed by atoms with E-state index in [1.54, 1.807) is 6.07 Å². The Balaban J connectivity index is 2.91. The lowest BCUT2D eigenvalue weighted by Gasteiger charge is -2.15. The number of alkyl halides is 3. The van der Waals surface area contributed by atoms with Crippen molar-refractivity contribution in [3.05, 3.63) is 41.7 Å². The molecule has 3 nitrogen and oxygen atoms in total. The molecule has 0 saturated heterocycles. The number of anilines is 1. The fourth-order valence-corrected chi connectivity index (χ4v) is 1.18. The minimum atomic E-state index is -2.53. The molecule has 0 aromatic heterocycles. The van der Waals surface area contributed by atoms with Gasteiger partial charge < -0.3 is 5.73 Å². The topological polar surface area (TPSA) is 55.3 Å². The van der Waals surface area contributed by atoms with Crippen molar-refractivity contribution in [3.63, 3.8) is 0 Å². The Bertz CT molecular complexity index is 382. The number of hydrazine groups is 1. The normalized spacial score (nSPS) is 11.9. The fourth-order valence-electron chi connectivity index (χ4n) is 1.11. The molecule has 0 spiro atoms. The van der Waals surface area contributed by atoms with Crippen LogP contribution in [0, 0.1) is 0 Å². The molecule has 0 unspecified atom stereocenters. The van der Waals surface area contributed by atoms with Gasteiger partial charge >= 0.3 is 0 Å². The lowest BCUT2D eigenvalue weighted by atomic mass is 10.2. The van der Waals surface area contributed by atoms with Crippen LogP contribution in [0.4, 0.5) is 14.5 Å².